The summed E-state index contributed by atoms with van der Waals surface area (Å²) in [6, 6.07) is 9.06. The van der Waals surface area contributed by atoms with Crippen molar-refractivity contribution in [1.82, 2.24) is 9.88 Å². The summed E-state index contributed by atoms with van der Waals surface area (Å²) in [7, 11) is 0. The van der Waals surface area contributed by atoms with Gasteiger partial charge in [0.05, 0.1) is 0 Å². The number of carboxylic acids is 1. The van der Waals surface area contributed by atoms with E-state index in [2.05, 4.69) is 5.32 Å². The van der Waals surface area contributed by atoms with Gasteiger partial charge in [0, 0.05) is 24.7 Å². The Hall–Kier alpha value is -2.30. The molecule has 1 atom stereocenters. The zero-order chi connectivity index (χ0) is 13.8. The molecule has 1 amide bonds. The number of aliphatic carboxylic acids is 1. The van der Waals surface area contributed by atoms with E-state index < -0.39 is 12.0 Å². The third kappa shape index (κ3) is 3.13. The number of fused-ring (bicyclic) bond motifs is 1. The molecule has 5 nitrogen and oxygen atoms in total. The average Bonchev–Trinajstić information content (AvgIpc) is 2.79. The second kappa shape index (κ2) is 5.56. The van der Waals surface area contributed by atoms with E-state index in [1.54, 1.807) is 0 Å². The molecule has 1 unspecified atom stereocenters. The van der Waals surface area contributed by atoms with Crippen LogP contribution >= 0.6 is 0 Å². The molecule has 0 aliphatic rings. The van der Waals surface area contributed by atoms with Crippen LogP contribution in [0, 0.1) is 0 Å². The van der Waals surface area contributed by atoms with Crippen molar-refractivity contribution in [2.45, 2.75) is 25.9 Å². The number of nitrogens with zero attached hydrogens (tertiary/aromatic N) is 1. The summed E-state index contributed by atoms with van der Waals surface area (Å²) in [5.41, 5.74) is 1.07. The lowest BCUT2D eigenvalue weighted by atomic mass is 10.2. The highest BCUT2D eigenvalue weighted by Gasteiger charge is 2.13. The van der Waals surface area contributed by atoms with Gasteiger partial charge in [0.25, 0.3) is 0 Å². The number of nitrogens with one attached hydrogen (secondary N) is 1. The summed E-state index contributed by atoms with van der Waals surface area (Å²) in [5, 5.41) is 12.3. The number of carboxylic acid groups (broad SMARTS) is 1. The number of carbonyl (C=O) groups is 2. The Balaban J connectivity index is 1.95. The molecule has 19 heavy (non-hydrogen) atoms. The van der Waals surface area contributed by atoms with E-state index in [0.717, 1.165) is 10.9 Å². The van der Waals surface area contributed by atoms with E-state index >= 15 is 0 Å². The lowest BCUT2D eigenvalue weighted by Crippen LogP contribution is -2.38. The number of para-hydroxylation sites is 1. The minimum absolute atomic E-state index is 0.257. The lowest BCUT2D eigenvalue weighted by molar-refractivity contribution is -0.141. The van der Waals surface area contributed by atoms with Gasteiger partial charge >= 0.3 is 5.97 Å². The maximum absolute atomic E-state index is 11.6. The molecular formula is C14H16N2O3. The average molecular weight is 260 g/mol. The first kappa shape index (κ1) is 13.1. The minimum Gasteiger partial charge on any atom is -0.480 e. The number of benzene rings is 1. The van der Waals surface area contributed by atoms with Crippen LogP contribution in [0.4, 0.5) is 0 Å². The molecule has 0 bridgehead atoms. The van der Waals surface area contributed by atoms with Crippen molar-refractivity contribution in [3.63, 3.8) is 0 Å². The van der Waals surface area contributed by atoms with Crippen LogP contribution in [0.3, 0.4) is 0 Å². The maximum Gasteiger partial charge on any atom is 0.325 e. The van der Waals surface area contributed by atoms with Gasteiger partial charge in [-0.05, 0) is 24.4 Å². The molecule has 0 saturated heterocycles. The predicted octanol–water partition coefficient (Wildman–Crippen LogP) is 1.62. The van der Waals surface area contributed by atoms with Gasteiger partial charge in [-0.3, -0.25) is 9.59 Å². The zero-order valence-corrected chi connectivity index (χ0v) is 10.7. The number of hydrogen-bond acceptors (Lipinski definition) is 2. The van der Waals surface area contributed by atoms with Gasteiger partial charge in [0.2, 0.25) is 5.91 Å². The van der Waals surface area contributed by atoms with Crippen molar-refractivity contribution in [3.05, 3.63) is 36.5 Å². The molecule has 5 heteroatoms. The van der Waals surface area contributed by atoms with Crippen LogP contribution in [-0.4, -0.2) is 27.6 Å². The van der Waals surface area contributed by atoms with Gasteiger partial charge in [-0.1, -0.05) is 18.2 Å². The highest BCUT2D eigenvalue weighted by molar-refractivity contribution is 5.83. The fourth-order valence-corrected chi connectivity index (χ4v) is 1.93. The molecule has 0 spiro atoms. The van der Waals surface area contributed by atoms with Crippen LogP contribution in [0.2, 0.25) is 0 Å². The largest absolute Gasteiger partial charge is 0.480 e. The SMILES string of the molecule is CC(NC(=O)CCn1ccc2ccccc21)C(=O)O. The van der Waals surface area contributed by atoms with Gasteiger partial charge in [-0.15, -0.1) is 0 Å². The Labute approximate surface area is 110 Å². The van der Waals surface area contributed by atoms with Gasteiger partial charge in [-0.25, -0.2) is 0 Å². The minimum atomic E-state index is -1.03. The van der Waals surface area contributed by atoms with Crippen LogP contribution in [0.1, 0.15) is 13.3 Å². The molecule has 1 aromatic heterocycles. The smallest absolute Gasteiger partial charge is 0.325 e. The summed E-state index contributed by atoms with van der Waals surface area (Å²) in [6.07, 6.45) is 2.19. The van der Waals surface area contributed by atoms with Gasteiger partial charge in [0.1, 0.15) is 6.04 Å². The standard InChI is InChI=1S/C14H16N2O3/c1-10(14(18)19)15-13(17)7-9-16-8-6-11-4-2-3-5-12(11)16/h2-6,8,10H,7,9H2,1H3,(H,15,17)(H,18,19). The highest BCUT2D eigenvalue weighted by atomic mass is 16.4. The number of rotatable bonds is 5. The van der Waals surface area contributed by atoms with Crippen LogP contribution in [0.5, 0.6) is 0 Å². The van der Waals surface area contributed by atoms with Crippen LogP contribution < -0.4 is 5.32 Å². The molecule has 2 aromatic rings. The monoisotopic (exact) mass is 260 g/mol. The van der Waals surface area contributed by atoms with E-state index in [0.29, 0.717) is 6.54 Å². The summed E-state index contributed by atoms with van der Waals surface area (Å²) >= 11 is 0. The second-order valence-electron chi connectivity index (χ2n) is 4.45. The third-order valence-electron chi connectivity index (χ3n) is 3.01. The van der Waals surface area contributed by atoms with E-state index in [9.17, 15) is 9.59 Å². The van der Waals surface area contributed by atoms with Gasteiger partial charge in [0.15, 0.2) is 0 Å². The highest BCUT2D eigenvalue weighted by Crippen LogP contribution is 2.15. The number of amides is 1. The van der Waals surface area contributed by atoms with Crippen molar-refractivity contribution >= 4 is 22.8 Å². The molecule has 2 rings (SSSR count). The molecule has 0 fully saturated rings. The Kier molecular flexibility index (Phi) is 3.85. The topological polar surface area (TPSA) is 71.3 Å². The quantitative estimate of drug-likeness (QED) is 0.858. The van der Waals surface area contributed by atoms with Crippen LogP contribution in [-0.2, 0) is 16.1 Å². The van der Waals surface area contributed by atoms with Gasteiger partial charge < -0.3 is 15.0 Å². The fourth-order valence-electron chi connectivity index (χ4n) is 1.93. The molecule has 100 valence electrons. The van der Waals surface area contributed by atoms with Crippen LogP contribution in [0.15, 0.2) is 36.5 Å². The fraction of sp³-hybridized carbons (Fsp3) is 0.286. The van der Waals surface area contributed by atoms with E-state index in [1.807, 2.05) is 41.1 Å². The first-order valence-corrected chi connectivity index (χ1v) is 6.14. The Bertz CT molecular complexity index is 604. The lowest BCUT2D eigenvalue weighted by Gasteiger charge is -2.10. The Morgan fingerprint density at radius 3 is 2.79 bits per heavy atom. The molecule has 2 N–H and O–H groups in total. The van der Waals surface area contributed by atoms with Crippen molar-refractivity contribution in [3.8, 4) is 0 Å². The first-order valence-electron chi connectivity index (χ1n) is 6.14. The summed E-state index contributed by atoms with van der Waals surface area (Å²) in [6.45, 7) is 1.98. The van der Waals surface area contributed by atoms with E-state index in [4.69, 9.17) is 5.11 Å². The van der Waals surface area contributed by atoms with E-state index in [-0.39, 0.29) is 12.3 Å². The first-order chi connectivity index (χ1) is 9.08. The molecule has 1 heterocycles. The molecular weight excluding hydrogens is 244 g/mol. The maximum atomic E-state index is 11.6. The predicted molar refractivity (Wildman–Crippen MR) is 71.8 cm³/mol. The number of aryl methyl sites for hydroxylation is 1. The number of hydrogen-bond donors (Lipinski definition) is 2. The molecule has 0 aliphatic carbocycles. The normalized spacial score (nSPS) is 12.3. The molecule has 0 radical (unpaired) electrons. The van der Waals surface area contributed by atoms with Crippen LogP contribution in [0.25, 0.3) is 10.9 Å². The number of aromatic nitrogens is 1. The van der Waals surface area contributed by atoms with Crippen molar-refractivity contribution in [2.75, 3.05) is 0 Å². The van der Waals surface area contributed by atoms with Crippen molar-refractivity contribution < 1.29 is 14.7 Å². The summed E-state index contributed by atoms with van der Waals surface area (Å²) in [4.78, 5) is 22.2. The van der Waals surface area contributed by atoms with E-state index in [1.165, 1.54) is 6.92 Å². The molecule has 1 aromatic carbocycles. The third-order valence-corrected chi connectivity index (χ3v) is 3.01. The molecule has 0 aliphatic heterocycles. The second-order valence-corrected chi connectivity index (χ2v) is 4.45. The van der Waals surface area contributed by atoms with Crippen molar-refractivity contribution in [2.24, 2.45) is 0 Å². The van der Waals surface area contributed by atoms with Crippen molar-refractivity contribution in [1.29, 1.82) is 0 Å². The molecule has 0 saturated carbocycles. The summed E-state index contributed by atoms with van der Waals surface area (Å²) < 4.78 is 1.99. The summed E-state index contributed by atoms with van der Waals surface area (Å²) in [5.74, 6) is -1.28. The zero-order valence-electron chi connectivity index (χ0n) is 10.7. The Morgan fingerprint density at radius 2 is 2.05 bits per heavy atom. The van der Waals surface area contributed by atoms with Gasteiger partial charge in [-0.2, -0.15) is 0 Å². The Morgan fingerprint density at radius 1 is 1.32 bits per heavy atom. The number of carbonyl (C=O) groups excluding carboxylic acids is 1.